The van der Waals surface area contributed by atoms with E-state index >= 15 is 0 Å². The number of nitrogens with two attached hydrogens (primary N) is 1. The number of carbonyl (C=O) groups is 1. The molecule has 1 aromatic carbocycles. The molecule has 0 spiro atoms. The van der Waals surface area contributed by atoms with Crippen LogP contribution in [0.5, 0.6) is 0 Å². The van der Waals surface area contributed by atoms with Gasteiger partial charge in [-0.25, -0.2) is 0 Å². The molecule has 0 radical (unpaired) electrons. The molecule has 4 nitrogen and oxygen atoms in total. The summed E-state index contributed by atoms with van der Waals surface area (Å²) < 4.78 is 10.2. The number of rotatable bonds is 9. The summed E-state index contributed by atoms with van der Waals surface area (Å²) in [6.45, 7) is 1.85. The normalized spacial score (nSPS) is 10.6. The van der Waals surface area contributed by atoms with Gasteiger partial charge in [0.2, 0.25) is 0 Å². The van der Waals surface area contributed by atoms with E-state index in [2.05, 4.69) is 0 Å². The largest absolute Gasteiger partial charge is 0.398 e. The molecule has 1 aromatic rings. The fourth-order valence-corrected chi connectivity index (χ4v) is 1.71. The summed E-state index contributed by atoms with van der Waals surface area (Å²) >= 11 is 5.81. The first-order valence-corrected chi connectivity index (χ1v) is 6.68. The molecule has 0 aliphatic carbocycles. The van der Waals surface area contributed by atoms with Gasteiger partial charge in [0.15, 0.2) is 5.78 Å². The number of carbonyl (C=O) groups excluding carboxylic acids is 1. The van der Waals surface area contributed by atoms with Gasteiger partial charge in [0.1, 0.15) is 0 Å². The van der Waals surface area contributed by atoms with Gasteiger partial charge < -0.3 is 15.2 Å². The zero-order chi connectivity index (χ0) is 14.1. The molecule has 5 heteroatoms. The monoisotopic (exact) mass is 285 g/mol. The number of unbranched alkanes of at least 4 members (excludes halogenated alkanes) is 1. The first-order valence-electron chi connectivity index (χ1n) is 6.30. The summed E-state index contributed by atoms with van der Waals surface area (Å²) in [6.07, 6.45) is 2.15. The molecular formula is C14H20ClNO3. The van der Waals surface area contributed by atoms with Crippen LogP contribution in [0.4, 0.5) is 5.69 Å². The van der Waals surface area contributed by atoms with Crippen LogP contribution in [0.15, 0.2) is 18.2 Å². The fraction of sp³-hybridized carbons (Fsp3) is 0.500. The van der Waals surface area contributed by atoms with E-state index in [0.717, 1.165) is 12.8 Å². The number of ether oxygens (including phenoxy) is 2. The summed E-state index contributed by atoms with van der Waals surface area (Å²) in [7, 11) is 1.64. The molecular weight excluding hydrogens is 266 g/mol. The van der Waals surface area contributed by atoms with Crippen molar-refractivity contribution < 1.29 is 14.3 Å². The number of anilines is 1. The molecule has 0 unspecified atom stereocenters. The predicted octanol–water partition coefficient (Wildman–Crippen LogP) is 2.94. The highest BCUT2D eigenvalue weighted by Gasteiger charge is 2.07. The number of hydrogen-bond acceptors (Lipinski definition) is 4. The average molecular weight is 286 g/mol. The number of benzene rings is 1. The van der Waals surface area contributed by atoms with Crippen molar-refractivity contribution in [3.05, 3.63) is 28.8 Å². The Kier molecular flexibility index (Phi) is 7.48. The number of methoxy groups -OCH3 is 1. The van der Waals surface area contributed by atoms with Gasteiger partial charge in [-0.1, -0.05) is 11.6 Å². The second-order valence-electron chi connectivity index (χ2n) is 4.22. The van der Waals surface area contributed by atoms with Gasteiger partial charge in [0.25, 0.3) is 0 Å². The predicted molar refractivity (Wildman–Crippen MR) is 76.7 cm³/mol. The Morgan fingerprint density at radius 2 is 2.05 bits per heavy atom. The maximum atomic E-state index is 11.9. The quantitative estimate of drug-likeness (QED) is 0.430. The van der Waals surface area contributed by atoms with E-state index in [0.29, 0.717) is 42.5 Å². The molecule has 0 heterocycles. The molecule has 19 heavy (non-hydrogen) atoms. The van der Waals surface area contributed by atoms with Gasteiger partial charge in [0, 0.05) is 25.7 Å². The summed E-state index contributed by atoms with van der Waals surface area (Å²) in [6, 6.07) is 4.98. The Balaban J connectivity index is 2.22. The Hall–Kier alpha value is -1.10. The Labute approximate surface area is 118 Å². The lowest BCUT2D eigenvalue weighted by Crippen LogP contribution is -2.04. The number of Topliss-reactive ketones (excluding diaryl/α,β-unsaturated/α-hetero) is 1. The molecule has 0 aliphatic rings. The zero-order valence-electron chi connectivity index (χ0n) is 11.2. The SMILES string of the molecule is COCCOCCCCC(=O)c1ccc(Cl)c(N)c1. The van der Waals surface area contributed by atoms with Gasteiger partial charge in [-0.2, -0.15) is 0 Å². The molecule has 0 saturated heterocycles. The lowest BCUT2D eigenvalue weighted by molar-refractivity contribution is 0.0681. The van der Waals surface area contributed by atoms with Crippen LogP contribution in [0, 0.1) is 0 Å². The van der Waals surface area contributed by atoms with Crippen molar-refractivity contribution in [2.75, 3.05) is 32.7 Å². The van der Waals surface area contributed by atoms with Crippen LogP contribution in [-0.2, 0) is 9.47 Å². The summed E-state index contributed by atoms with van der Waals surface area (Å²) in [5.41, 5.74) is 6.72. The van der Waals surface area contributed by atoms with E-state index in [9.17, 15) is 4.79 Å². The lowest BCUT2D eigenvalue weighted by Gasteiger charge is -2.05. The maximum Gasteiger partial charge on any atom is 0.162 e. The molecule has 1 rings (SSSR count). The molecule has 0 aromatic heterocycles. The van der Waals surface area contributed by atoms with Crippen molar-refractivity contribution >= 4 is 23.1 Å². The van der Waals surface area contributed by atoms with Crippen LogP contribution >= 0.6 is 11.6 Å². The molecule has 0 amide bonds. The smallest absolute Gasteiger partial charge is 0.162 e. The van der Waals surface area contributed by atoms with Crippen LogP contribution in [-0.4, -0.2) is 32.7 Å². The third-order valence-corrected chi connectivity index (χ3v) is 3.04. The summed E-state index contributed by atoms with van der Waals surface area (Å²) in [5.74, 6) is 0.0836. The average Bonchev–Trinajstić information content (AvgIpc) is 2.40. The van der Waals surface area contributed by atoms with E-state index < -0.39 is 0 Å². The molecule has 0 aliphatic heterocycles. The highest BCUT2D eigenvalue weighted by Crippen LogP contribution is 2.20. The van der Waals surface area contributed by atoms with Crippen LogP contribution in [0.2, 0.25) is 5.02 Å². The zero-order valence-corrected chi connectivity index (χ0v) is 11.9. The maximum absolute atomic E-state index is 11.9. The van der Waals surface area contributed by atoms with E-state index in [1.165, 1.54) is 0 Å². The fourth-order valence-electron chi connectivity index (χ4n) is 1.60. The van der Waals surface area contributed by atoms with Crippen LogP contribution in [0.3, 0.4) is 0 Å². The number of halogens is 1. The third-order valence-electron chi connectivity index (χ3n) is 2.69. The van der Waals surface area contributed by atoms with Crippen molar-refractivity contribution in [1.29, 1.82) is 0 Å². The Morgan fingerprint density at radius 3 is 2.74 bits per heavy atom. The lowest BCUT2D eigenvalue weighted by atomic mass is 10.1. The molecule has 0 bridgehead atoms. The van der Waals surface area contributed by atoms with Gasteiger partial charge in [-0.3, -0.25) is 4.79 Å². The van der Waals surface area contributed by atoms with E-state index in [4.69, 9.17) is 26.8 Å². The van der Waals surface area contributed by atoms with Gasteiger partial charge >= 0.3 is 0 Å². The van der Waals surface area contributed by atoms with Gasteiger partial charge in [-0.15, -0.1) is 0 Å². The summed E-state index contributed by atoms with van der Waals surface area (Å²) in [5, 5.41) is 0.475. The first kappa shape index (κ1) is 16.0. The van der Waals surface area contributed by atoms with Gasteiger partial charge in [0.05, 0.1) is 23.9 Å². The minimum Gasteiger partial charge on any atom is -0.398 e. The van der Waals surface area contributed by atoms with Crippen LogP contribution < -0.4 is 5.73 Å². The van der Waals surface area contributed by atoms with Crippen molar-refractivity contribution in [2.24, 2.45) is 0 Å². The van der Waals surface area contributed by atoms with Crippen molar-refractivity contribution in [3.63, 3.8) is 0 Å². The highest BCUT2D eigenvalue weighted by atomic mass is 35.5. The Morgan fingerprint density at radius 1 is 1.26 bits per heavy atom. The standard InChI is InChI=1S/C14H20ClNO3/c1-18-8-9-19-7-3-2-4-14(17)11-5-6-12(15)13(16)10-11/h5-6,10H,2-4,7-9,16H2,1H3. The number of hydrogen-bond donors (Lipinski definition) is 1. The second-order valence-corrected chi connectivity index (χ2v) is 4.63. The van der Waals surface area contributed by atoms with Crippen LogP contribution in [0.1, 0.15) is 29.6 Å². The second kappa shape index (κ2) is 8.91. The molecule has 0 atom stereocenters. The van der Waals surface area contributed by atoms with E-state index in [-0.39, 0.29) is 5.78 Å². The molecule has 0 saturated carbocycles. The summed E-state index contributed by atoms with van der Waals surface area (Å²) in [4.78, 5) is 11.9. The third kappa shape index (κ3) is 6.05. The number of ketones is 1. The molecule has 0 fully saturated rings. The topological polar surface area (TPSA) is 61.5 Å². The van der Waals surface area contributed by atoms with Crippen molar-refractivity contribution in [1.82, 2.24) is 0 Å². The van der Waals surface area contributed by atoms with Gasteiger partial charge in [-0.05, 0) is 31.0 Å². The van der Waals surface area contributed by atoms with E-state index in [1.54, 1.807) is 25.3 Å². The molecule has 106 valence electrons. The highest BCUT2D eigenvalue weighted by molar-refractivity contribution is 6.33. The van der Waals surface area contributed by atoms with Crippen LogP contribution in [0.25, 0.3) is 0 Å². The minimum absolute atomic E-state index is 0.0836. The first-order chi connectivity index (χ1) is 9.15. The minimum atomic E-state index is 0.0836. The number of nitrogen functional groups attached to an aromatic ring is 1. The van der Waals surface area contributed by atoms with Crippen molar-refractivity contribution in [3.8, 4) is 0 Å². The molecule has 2 N–H and O–H groups in total. The van der Waals surface area contributed by atoms with E-state index in [1.807, 2.05) is 0 Å². The van der Waals surface area contributed by atoms with Crippen molar-refractivity contribution in [2.45, 2.75) is 19.3 Å². The Bertz CT molecular complexity index is 410.